The Morgan fingerprint density at radius 2 is 2.11 bits per heavy atom. The zero-order chi connectivity index (χ0) is 12.8. The molecule has 0 aromatic heterocycles. The van der Waals surface area contributed by atoms with Crippen molar-refractivity contribution < 1.29 is 4.79 Å². The Balaban J connectivity index is 1.71. The molecule has 0 saturated heterocycles. The van der Waals surface area contributed by atoms with Crippen molar-refractivity contribution in [3.63, 3.8) is 0 Å². The second-order valence-corrected chi connectivity index (χ2v) is 6.30. The molecule has 0 bridgehead atoms. The van der Waals surface area contributed by atoms with Gasteiger partial charge in [0.25, 0.3) is 0 Å². The van der Waals surface area contributed by atoms with Crippen molar-refractivity contribution in [2.75, 3.05) is 16.8 Å². The predicted molar refractivity (Wildman–Crippen MR) is 81.5 cm³/mol. The number of hydrogen-bond acceptors (Lipinski definition) is 2. The lowest BCUT2D eigenvalue weighted by atomic mass is 10.0. The summed E-state index contributed by atoms with van der Waals surface area (Å²) in [7, 11) is 0. The number of thioether (sulfide) groups is 1. The summed E-state index contributed by atoms with van der Waals surface area (Å²) in [4.78, 5) is 11.6. The van der Waals surface area contributed by atoms with Gasteiger partial charge in [0.2, 0.25) is 5.91 Å². The average molecular weight is 328 g/mol. The zero-order valence-electron chi connectivity index (χ0n) is 10.3. The molecule has 4 heteroatoms. The topological polar surface area (TPSA) is 29.1 Å². The van der Waals surface area contributed by atoms with Crippen LogP contribution in [0.25, 0.3) is 0 Å². The fourth-order valence-electron chi connectivity index (χ4n) is 1.75. The molecular weight excluding hydrogens is 310 g/mol. The van der Waals surface area contributed by atoms with Crippen LogP contribution < -0.4 is 5.32 Å². The van der Waals surface area contributed by atoms with Gasteiger partial charge in [-0.05, 0) is 18.4 Å². The summed E-state index contributed by atoms with van der Waals surface area (Å²) in [6.07, 6.45) is 2.31. The number of nitrogens with one attached hydrogen (secondary N) is 1. The van der Waals surface area contributed by atoms with E-state index in [2.05, 4.69) is 45.5 Å². The number of halogens is 1. The van der Waals surface area contributed by atoms with Crippen LogP contribution in [0.5, 0.6) is 0 Å². The second kappa shape index (κ2) is 7.19. The Labute approximate surface area is 121 Å². The molecule has 1 aliphatic rings. The van der Waals surface area contributed by atoms with Crippen LogP contribution in [-0.2, 0) is 4.79 Å². The van der Waals surface area contributed by atoms with E-state index >= 15 is 0 Å². The summed E-state index contributed by atoms with van der Waals surface area (Å²) in [5, 5.41) is 3.95. The molecule has 18 heavy (non-hydrogen) atoms. The maximum atomic E-state index is 11.6. The number of alkyl halides is 1. The summed E-state index contributed by atoms with van der Waals surface area (Å²) in [6, 6.07) is 10.9. The number of hydrogen-bond donors (Lipinski definition) is 1. The molecule has 1 amide bonds. The van der Waals surface area contributed by atoms with Crippen molar-refractivity contribution in [3.05, 3.63) is 35.9 Å². The van der Waals surface area contributed by atoms with Crippen LogP contribution in [0.4, 0.5) is 0 Å². The van der Waals surface area contributed by atoms with Crippen LogP contribution in [0, 0.1) is 0 Å². The van der Waals surface area contributed by atoms with Crippen molar-refractivity contribution in [2.24, 2.45) is 0 Å². The van der Waals surface area contributed by atoms with E-state index in [1.54, 1.807) is 11.8 Å². The quantitative estimate of drug-likeness (QED) is 0.779. The summed E-state index contributed by atoms with van der Waals surface area (Å²) < 4.78 is 0. The summed E-state index contributed by atoms with van der Waals surface area (Å²) >= 11 is 5.27. The number of carbonyl (C=O) groups is 1. The first kappa shape index (κ1) is 13.9. The van der Waals surface area contributed by atoms with Crippen LogP contribution in [0.2, 0.25) is 0 Å². The molecule has 1 aromatic carbocycles. The molecular formula is C14H18BrNOS. The van der Waals surface area contributed by atoms with Gasteiger partial charge in [0, 0.05) is 23.0 Å². The average Bonchev–Trinajstić information content (AvgIpc) is 3.19. The molecule has 1 saturated carbocycles. The first-order chi connectivity index (χ1) is 8.79. The number of carbonyl (C=O) groups excluding carboxylic acids is 1. The van der Waals surface area contributed by atoms with E-state index in [9.17, 15) is 4.79 Å². The Kier molecular flexibility index (Phi) is 5.57. The molecule has 1 N–H and O–H groups in total. The lowest BCUT2D eigenvalue weighted by Crippen LogP contribution is -2.27. The van der Waals surface area contributed by atoms with Gasteiger partial charge < -0.3 is 5.32 Å². The third-order valence-corrected chi connectivity index (χ3v) is 4.84. The molecule has 0 radical (unpaired) electrons. The van der Waals surface area contributed by atoms with Crippen molar-refractivity contribution in [2.45, 2.75) is 24.8 Å². The van der Waals surface area contributed by atoms with E-state index in [1.807, 2.05) is 6.07 Å². The predicted octanol–water partition coefficient (Wildman–Crippen LogP) is 3.18. The highest BCUT2D eigenvalue weighted by Gasteiger charge is 2.23. The van der Waals surface area contributed by atoms with Crippen molar-refractivity contribution in [1.29, 1.82) is 0 Å². The largest absolute Gasteiger partial charge is 0.353 e. The highest BCUT2D eigenvalue weighted by atomic mass is 79.9. The maximum Gasteiger partial charge on any atom is 0.230 e. The van der Waals surface area contributed by atoms with Crippen molar-refractivity contribution in [1.82, 2.24) is 5.32 Å². The van der Waals surface area contributed by atoms with Crippen molar-refractivity contribution >= 4 is 33.6 Å². The maximum absolute atomic E-state index is 11.6. The molecule has 2 nitrogen and oxygen atoms in total. The van der Waals surface area contributed by atoms with Gasteiger partial charge in [-0.15, -0.1) is 0 Å². The molecule has 1 aromatic rings. The van der Waals surface area contributed by atoms with Gasteiger partial charge in [0.05, 0.1) is 5.75 Å². The third-order valence-electron chi connectivity index (χ3n) is 2.95. The number of benzene rings is 1. The minimum atomic E-state index is 0.184. The Morgan fingerprint density at radius 1 is 1.39 bits per heavy atom. The Morgan fingerprint density at radius 3 is 2.72 bits per heavy atom. The zero-order valence-corrected chi connectivity index (χ0v) is 12.7. The van der Waals surface area contributed by atoms with E-state index < -0.39 is 0 Å². The monoisotopic (exact) mass is 327 g/mol. The van der Waals surface area contributed by atoms with Crippen molar-refractivity contribution in [3.8, 4) is 0 Å². The third kappa shape index (κ3) is 4.65. The minimum absolute atomic E-state index is 0.184. The fourth-order valence-corrected chi connectivity index (χ4v) is 3.63. The van der Waals surface area contributed by atoms with E-state index in [-0.39, 0.29) is 5.91 Å². The lowest BCUT2D eigenvalue weighted by molar-refractivity contribution is -0.118. The van der Waals surface area contributed by atoms with E-state index in [4.69, 9.17) is 0 Å². The second-order valence-electron chi connectivity index (χ2n) is 4.62. The summed E-state index contributed by atoms with van der Waals surface area (Å²) in [6.45, 7) is 0. The molecule has 98 valence electrons. The van der Waals surface area contributed by atoms with Gasteiger partial charge in [-0.2, -0.15) is 11.8 Å². The highest BCUT2D eigenvalue weighted by molar-refractivity contribution is 9.09. The van der Waals surface area contributed by atoms with E-state index in [1.165, 1.54) is 5.56 Å². The van der Waals surface area contributed by atoms with E-state index in [0.717, 1.165) is 23.9 Å². The molecule has 1 atom stereocenters. The van der Waals surface area contributed by atoms with Crippen LogP contribution in [0.3, 0.4) is 0 Å². The molecule has 2 rings (SSSR count). The summed E-state index contributed by atoms with van der Waals surface area (Å²) in [5.74, 6) is 2.22. The molecule has 1 aliphatic carbocycles. The van der Waals surface area contributed by atoms with Gasteiger partial charge in [-0.1, -0.05) is 46.3 Å². The Hall–Kier alpha value is -0.480. The standard InChI is InChI=1S/C14H18BrNOS/c15-8-12(11-4-2-1-3-5-11)9-18-10-14(17)16-13-6-7-13/h1-5,12-13H,6-10H2,(H,16,17). The van der Waals surface area contributed by atoms with Gasteiger partial charge >= 0.3 is 0 Å². The molecule has 1 fully saturated rings. The SMILES string of the molecule is O=C(CSCC(CBr)c1ccccc1)NC1CC1. The molecule has 0 spiro atoms. The fraction of sp³-hybridized carbons (Fsp3) is 0.500. The van der Waals surface area contributed by atoms with E-state index in [0.29, 0.717) is 17.7 Å². The number of amides is 1. The molecule has 0 heterocycles. The normalized spacial score (nSPS) is 16.3. The molecule has 1 unspecified atom stereocenters. The van der Waals surface area contributed by atoms with Gasteiger partial charge in [-0.3, -0.25) is 4.79 Å². The first-order valence-electron chi connectivity index (χ1n) is 6.27. The lowest BCUT2D eigenvalue weighted by Gasteiger charge is -2.13. The van der Waals surface area contributed by atoms with Gasteiger partial charge in [-0.25, -0.2) is 0 Å². The van der Waals surface area contributed by atoms with Gasteiger partial charge in [0.15, 0.2) is 0 Å². The highest BCUT2D eigenvalue weighted by Crippen LogP contribution is 2.23. The summed E-state index contributed by atoms with van der Waals surface area (Å²) in [5.41, 5.74) is 1.34. The van der Waals surface area contributed by atoms with Crippen LogP contribution in [0.1, 0.15) is 24.3 Å². The van der Waals surface area contributed by atoms with Crippen LogP contribution in [0.15, 0.2) is 30.3 Å². The first-order valence-corrected chi connectivity index (χ1v) is 8.55. The molecule has 0 aliphatic heterocycles. The van der Waals surface area contributed by atoms with Crippen LogP contribution in [-0.4, -0.2) is 28.8 Å². The smallest absolute Gasteiger partial charge is 0.230 e. The number of rotatable bonds is 7. The minimum Gasteiger partial charge on any atom is -0.353 e. The Bertz CT molecular complexity index is 381. The van der Waals surface area contributed by atoms with Gasteiger partial charge in [0.1, 0.15) is 0 Å². The van der Waals surface area contributed by atoms with Crippen LogP contribution >= 0.6 is 27.7 Å².